The Labute approximate surface area is 267 Å². The van der Waals surface area contributed by atoms with E-state index >= 15 is 0 Å². The lowest BCUT2D eigenvalue weighted by molar-refractivity contribution is 0.0250. The second-order valence-corrected chi connectivity index (χ2v) is 16.8. The number of para-hydroxylation sites is 2. The summed E-state index contributed by atoms with van der Waals surface area (Å²) in [6.45, 7) is 0. The Bertz CT molecular complexity index is 1750. The van der Waals surface area contributed by atoms with Gasteiger partial charge in [-0.1, -0.05) is 97.1 Å². The summed E-state index contributed by atoms with van der Waals surface area (Å²) in [5.41, 5.74) is 11.6. The lowest BCUT2D eigenvalue weighted by atomic mass is 9.93. The van der Waals surface area contributed by atoms with E-state index in [4.69, 9.17) is 30.3 Å². The van der Waals surface area contributed by atoms with Crippen LogP contribution in [0.25, 0.3) is 0 Å². The van der Waals surface area contributed by atoms with Crippen molar-refractivity contribution in [2.45, 2.75) is 12.2 Å². The van der Waals surface area contributed by atoms with Gasteiger partial charge in [-0.15, -0.1) is 8.99 Å². The van der Waals surface area contributed by atoms with E-state index in [1.165, 1.54) is 4.49 Å². The van der Waals surface area contributed by atoms with E-state index in [0.29, 0.717) is 11.5 Å². The summed E-state index contributed by atoms with van der Waals surface area (Å²) in [6.07, 6.45) is -1.20. The lowest BCUT2D eigenvalue weighted by Gasteiger charge is -2.21. The van der Waals surface area contributed by atoms with E-state index in [-0.39, 0.29) is 0 Å². The van der Waals surface area contributed by atoms with Gasteiger partial charge in [-0.25, -0.2) is 21.4 Å². The van der Waals surface area contributed by atoms with Gasteiger partial charge in [0.25, 0.3) is 13.9 Å². The standard InChI is InChI=1S/C14H18N3O5PS.C14H16NO5PS/c15-23(16,18)17-24(19,20)11-14(21-12-7-3-1-4-8-12)22-13-9-5-2-6-10-13;16-21(17,18)15-22(19,20)11-14(12-7-3-1-4-8-12)13-9-5-2-6-10-13/h1-10,14H,11H2,(H5,15,16,17,18);1-10,14H,11H2,(H3,15,16,17,18). The zero-order valence-corrected chi connectivity index (χ0v) is 27.6. The van der Waals surface area contributed by atoms with Crippen molar-refractivity contribution in [1.82, 2.24) is 8.99 Å². The minimum Gasteiger partial charge on any atom is -0.454 e. The molecule has 4 rings (SSSR count). The summed E-state index contributed by atoms with van der Waals surface area (Å²) >= 11 is 0. The molecule has 0 fully saturated rings. The molecule has 248 valence electrons. The molecule has 0 aromatic heterocycles. The minimum atomic E-state index is -4.86. The van der Waals surface area contributed by atoms with Gasteiger partial charge in [0.2, 0.25) is 20.0 Å². The van der Waals surface area contributed by atoms with Crippen molar-refractivity contribution in [3.63, 3.8) is 0 Å². The van der Waals surface area contributed by atoms with Gasteiger partial charge in [-0.3, -0.25) is 15.6 Å². The van der Waals surface area contributed by atoms with Gasteiger partial charge >= 0.3 is 7.75 Å². The van der Waals surface area contributed by atoms with Crippen LogP contribution in [0.4, 0.5) is 0 Å². The second-order valence-electron chi connectivity index (χ2n) is 9.66. The van der Waals surface area contributed by atoms with Gasteiger partial charge in [0.1, 0.15) is 17.3 Å². The first-order valence-corrected chi connectivity index (χ1v) is 20.1. The largest absolute Gasteiger partial charge is 0.454 e. The Morgan fingerprint density at radius 2 is 0.935 bits per heavy atom. The average molecular weight is 713 g/mol. The molecule has 0 aliphatic heterocycles. The van der Waals surface area contributed by atoms with Gasteiger partial charge in [0.05, 0.1) is 5.75 Å². The smallest absolute Gasteiger partial charge is 0.413 e. The first-order valence-electron chi connectivity index (χ1n) is 13.3. The molecule has 0 bridgehead atoms. The van der Waals surface area contributed by atoms with Crippen molar-refractivity contribution in [3.05, 3.63) is 132 Å². The zero-order chi connectivity index (χ0) is 33.8. The maximum absolute atomic E-state index is 12.0. The fourth-order valence-electron chi connectivity index (χ4n) is 4.02. The molecule has 14 nitrogen and oxygen atoms in total. The van der Waals surface area contributed by atoms with E-state index in [1.807, 2.05) is 12.1 Å². The van der Waals surface area contributed by atoms with Crippen molar-refractivity contribution in [3.8, 4) is 11.5 Å². The zero-order valence-electron chi connectivity index (χ0n) is 24.1. The molecule has 0 saturated heterocycles. The minimum absolute atomic E-state index is 0.414. The third-order valence-corrected chi connectivity index (χ3v) is 11.5. The molecule has 0 spiro atoms. The Morgan fingerprint density at radius 1 is 0.587 bits per heavy atom. The molecule has 0 saturated carbocycles. The normalized spacial score (nSPS) is 12.3. The van der Waals surface area contributed by atoms with Crippen molar-refractivity contribution in [2.24, 2.45) is 11.0 Å². The van der Waals surface area contributed by atoms with Gasteiger partial charge in [-0.05, 0) is 35.4 Å². The van der Waals surface area contributed by atoms with Crippen LogP contribution in [-0.4, -0.2) is 44.4 Å². The molecule has 46 heavy (non-hydrogen) atoms. The number of rotatable bonds is 14. The molecule has 0 aliphatic rings. The third-order valence-electron chi connectivity index (χ3n) is 5.71. The number of nitrogens with one attached hydrogen (secondary N) is 2. The number of hydrogen-bond acceptors (Lipinski definition) is 8. The molecule has 18 heteroatoms. The van der Waals surface area contributed by atoms with Gasteiger partial charge in [-0.2, -0.15) is 0 Å². The highest BCUT2D eigenvalue weighted by molar-refractivity contribution is 7.95. The van der Waals surface area contributed by atoms with Crippen LogP contribution in [0.15, 0.2) is 121 Å². The highest BCUT2D eigenvalue weighted by atomic mass is 32.2. The summed E-state index contributed by atoms with van der Waals surface area (Å²) in [7, 11) is -17.1. The number of sulfonamides is 2. The van der Waals surface area contributed by atoms with Crippen LogP contribution in [0.3, 0.4) is 0 Å². The maximum Gasteiger partial charge on any atom is 0.413 e. The van der Waals surface area contributed by atoms with E-state index in [9.17, 15) is 26.0 Å². The van der Waals surface area contributed by atoms with Crippen LogP contribution in [0.2, 0.25) is 0 Å². The fraction of sp³-hybridized carbons (Fsp3) is 0.143. The highest BCUT2D eigenvalue weighted by Gasteiger charge is 2.29. The number of nitrogens with two attached hydrogens (primary N) is 2. The summed E-state index contributed by atoms with van der Waals surface area (Å²) in [4.78, 5) is 17.7. The molecule has 0 aliphatic carbocycles. The Morgan fingerprint density at radius 3 is 1.28 bits per heavy atom. The Kier molecular flexibility index (Phi) is 13.2. The van der Waals surface area contributed by atoms with Crippen LogP contribution in [0.5, 0.6) is 11.5 Å². The van der Waals surface area contributed by atoms with Crippen molar-refractivity contribution < 1.29 is 45.2 Å². The van der Waals surface area contributed by atoms with Crippen LogP contribution in [-0.2, 0) is 29.2 Å². The van der Waals surface area contributed by atoms with Crippen molar-refractivity contribution in [2.75, 3.05) is 11.5 Å². The van der Waals surface area contributed by atoms with E-state index < -0.39 is 59.1 Å². The van der Waals surface area contributed by atoms with Crippen LogP contribution < -0.4 is 29.5 Å². The fourth-order valence-corrected chi connectivity index (χ4v) is 9.12. The SMILES string of the molecule is NP(N)(=O)NS(=O)(=O)CC(Oc1ccccc1)Oc1ccccc1.O=P(O)(O)NS(=O)(=O)CC(c1ccccc1)c1ccccc1. The summed E-state index contributed by atoms with van der Waals surface area (Å²) in [5.74, 6) is -0.789. The molecular weight excluding hydrogens is 678 g/mol. The summed E-state index contributed by atoms with van der Waals surface area (Å²) < 4.78 is 84.5. The van der Waals surface area contributed by atoms with Crippen molar-refractivity contribution in [1.29, 1.82) is 0 Å². The maximum atomic E-state index is 12.0. The topological polar surface area (TPSA) is 237 Å². The molecule has 0 atom stereocenters. The molecular formula is C28H34N4O10P2S2. The predicted octanol–water partition coefficient (Wildman–Crippen LogP) is 3.25. The molecule has 0 radical (unpaired) electrons. The molecule has 0 heterocycles. The molecule has 8 N–H and O–H groups in total. The summed E-state index contributed by atoms with van der Waals surface area (Å²) in [5, 5.41) is 0. The Balaban J connectivity index is 0.000000251. The Hall–Kier alpha value is -3.40. The monoisotopic (exact) mass is 712 g/mol. The predicted molar refractivity (Wildman–Crippen MR) is 175 cm³/mol. The van der Waals surface area contributed by atoms with Gasteiger partial charge in [0, 0.05) is 5.92 Å². The first-order chi connectivity index (χ1) is 21.5. The second kappa shape index (κ2) is 16.4. The number of ether oxygens (including phenoxy) is 2. The summed E-state index contributed by atoms with van der Waals surface area (Å²) in [6, 6.07) is 35.0. The molecule has 4 aromatic rings. The molecule has 0 amide bonds. The highest BCUT2D eigenvalue weighted by Crippen LogP contribution is 2.32. The van der Waals surface area contributed by atoms with Gasteiger partial charge in [0.15, 0.2) is 0 Å². The molecule has 0 unspecified atom stereocenters. The quantitative estimate of drug-likeness (QED) is 0.0816. The van der Waals surface area contributed by atoms with Crippen LogP contribution >= 0.6 is 15.3 Å². The van der Waals surface area contributed by atoms with E-state index in [2.05, 4.69) is 0 Å². The van der Waals surface area contributed by atoms with E-state index in [0.717, 1.165) is 11.1 Å². The average Bonchev–Trinajstić information content (AvgIpc) is 2.95. The molecule has 4 aromatic carbocycles. The van der Waals surface area contributed by atoms with E-state index in [1.54, 1.807) is 114 Å². The lowest BCUT2D eigenvalue weighted by Crippen LogP contribution is -2.39. The number of hydrogen-bond donors (Lipinski definition) is 6. The van der Waals surface area contributed by atoms with Gasteiger partial charge < -0.3 is 19.3 Å². The third kappa shape index (κ3) is 14.4. The van der Waals surface area contributed by atoms with Crippen LogP contribution in [0.1, 0.15) is 17.0 Å². The van der Waals surface area contributed by atoms with Crippen molar-refractivity contribution >= 4 is 35.4 Å². The number of benzene rings is 4. The first kappa shape index (κ1) is 37.1. The van der Waals surface area contributed by atoms with Crippen LogP contribution in [0, 0.1) is 0 Å².